The Labute approximate surface area is 184 Å². The summed E-state index contributed by atoms with van der Waals surface area (Å²) >= 11 is 0. The zero-order valence-corrected chi connectivity index (χ0v) is 18.1. The molecule has 0 radical (unpaired) electrons. The summed E-state index contributed by atoms with van der Waals surface area (Å²) in [6.45, 7) is 5.40. The molecule has 31 heavy (non-hydrogen) atoms. The predicted molar refractivity (Wildman–Crippen MR) is 126 cm³/mol. The molecule has 1 saturated heterocycles. The lowest BCUT2D eigenvalue weighted by atomic mass is 10.0. The molecule has 0 aromatic heterocycles. The summed E-state index contributed by atoms with van der Waals surface area (Å²) in [4.78, 5) is 18.2. The van der Waals surface area contributed by atoms with E-state index in [2.05, 4.69) is 39.4 Å². The summed E-state index contributed by atoms with van der Waals surface area (Å²) in [5.74, 6) is 0.628. The monoisotopic (exact) mass is 415 g/mol. The van der Waals surface area contributed by atoms with Crippen molar-refractivity contribution >= 4 is 17.3 Å². The van der Waals surface area contributed by atoms with Crippen molar-refractivity contribution in [3.8, 4) is 5.75 Å². The zero-order valence-electron chi connectivity index (χ0n) is 18.1. The Bertz CT molecular complexity index is 1000. The Morgan fingerprint density at radius 1 is 0.903 bits per heavy atom. The molecule has 1 amide bonds. The first kappa shape index (κ1) is 20.9. The lowest BCUT2D eigenvalue weighted by molar-refractivity contribution is -0.121. The summed E-state index contributed by atoms with van der Waals surface area (Å²) in [5.41, 5.74) is 4.01. The number of carbonyl (C=O) groups is 1. The van der Waals surface area contributed by atoms with E-state index in [4.69, 9.17) is 4.74 Å². The number of hydrogen-bond acceptors (Lipinski definition) is 4. The summed E-state index contributed by atoms with van der Waals surface area (Å²) in [7, 11) is 1.62. The number of ether oxygens (including phenoxy) is 1. The van der Waals surface area contributed by atoms with Crippen molar-refractivity contribution in [3.63, 3.8) is 0 Å². The highest BCUT2D eigenvalue weighted by molar-refractivity contribution is 5.97. The van der Waals surface area contributed by atoms with E-state index in [0.29, 0.717) is 11.4 Å². The van der Waals surface area contributed by atoms with Crippen LogP contribution < -0.4 is 15.0 Å². The Hall–Kier alpha value is -3.31. The van der Waals surface area contributed by atoms with Crippen LogP contribution in [0.1, 0.15) is 17.2 Å². The van der Waals surface area contributed by atoms with Crippen molar-refractivity contribution in [1.29, 1.82) is 0 Å². The van der Waals surface area contributed by atoms with Gasteiger partial charge in [0.2, 0.25) is 5.91 Å². The first-order valence-electron chi connectivity index (χ1n) is 10.7. The molecule has 1 unspecified atom stereocenters. The van der Waals surface area contributed by atoms with Crippen LogP contribution in [0.4, 0.5) is 11.4 Å². The first-order valence-corrected chi connectivity index (χ1v) is 10.7. The van der Waals surface area contributed by atoms with E-state index in [0.717, 1.165) is 37.3 Å². The van der Waals surface area contributed by atoms with E-state index in [-0.39, 0.29) is 11.9 Å². The number of piperazine rings is 1. The zero-order chi connectivity index (χ0) is 21.6. The fraction of sp³-hybridized carbons (Fsp3) is 0.269. The second-order valence-electron chi connectivity index (χ2n) is 7.86. The fourth-order valence-electron chi connectivity index (χ4n) is 4.16. The van der Waals surface area contributed by atoms with Crippen LogP contribution in [0.25, 0.3) is 0 Å². The minimum atomic E-state index is -0.357. The van der Waals surface area contributed by atoms with Gasteiger partial charge in [0.05, 0.1) is 12.8 Å². The van der Waals surface area contributed by atoms with Gasteiger partial charge in [-0.15, -0.1) is 0 Å². The molecule has 3 aromatic carbocycles. The van der Waals surface area contributed by atoms with E-state index in [1.54, 1.807) is 7.11 Å². The van der Waals surface area contributed by atoms with Crippen molar-refractivity contribution in [3.05, 3.63) is 90.0 Å². The van der Waals surface area contributed by atoms with E-state index in [1.165, 1.54) is 5.69 Å². The van der Waals surface area contributed by atoms with Gasteiger partial charge in [0, 0.05) is 31.9 Å². The second-order valence-corrected chi connectivity index (χ2v) is 7.86. The molecule has 3 aromatic rings. The molecule has 0 aliphatic carbocycles. The Balaban J connectivity index is 1.55. The number of anilines is 2. The number of nitrogens with one attached hydrogen (secondary N) is 1. The number of para-hydroxylation sites is 1. The van der Waals surface area contributed by atoms with Crippen LogP contribution >= 0.6 is 0 Å². The van der Waals surface area contributed by atoms with Crippen LogP contribution in [0, 0.1) is 6.92 Å². The molecule has 1 aliphatic heterocycles. The van der Waals surface area contributed by atoms with Crippen molar-refractivity contribution in [2.75, 3.05) is 43.5 Å². The first-order chi connectivity index (χ1) is 15.2. The van der Waals surface area contributed by atoms with Crippen molar-refractivity contribution in [1.82, 2.24) is 4.90 Å². The number of benzene rings is 3. The highest BCUT2D eigenvalue weighted by Gasteiger charge is 2.31. The van der Waals surface area contributed by atoms with Gasteiger partial charge in [-0.2, -0.15) is 0 Å². The van der Waals surface area contributed by atoms with Gasteiger partial charge < -0.3 is 15.0 Å². The van der Waals surface area contributed by atoms with Crippen LogP contribution in [0.2, 0.25) is 0 Å². The van der Waals surface area contributed by atoms with Crippen LogP contribution in [-0.4, -0.2) is 44.1 Å². The Kier molecular flexibility index (Phi) is 6.53. The molecule has 5 nitrogen and oxygen atoms in total. The summed E-state index contributed by atoms with van der Waals surface area (Å²) < 4.78 is 5.46. The predicted octanol–water partition coefficient (Wildman–Crippen LogP) is 4.51. The normalized spacial score (nSPS) is 15.4. The molecule has 160 valence electrons. The molecule has 0 saturated carbocycles. The number of aryl methyl sites for hydroxylation is 1. The van der Waals surface area contributed by atoms with Crippen LogP contribution in [0.5, 0.6) is 5.75 Å². The third-order valence-corrected chi connectivity index (χ3v) is 5.78. The lowest BCUT2D eigenvalue weighted by Gasteiger charge is -2.39. The topological polar surface area (TPSA) is 44.8 Å². The highest BCUT2D eigenvalue weighted by Crippen LogP contribution is 2.29. The molecule has 1 heterocycles. The number of rotatable bonds is 6. The number of hydrogen-bond donors (Lipinski definition) is 1. The third kappa shape index (κ3) is 4.89. The molecule has 1 atom stereocenters. The quantitative estimate of drug-likeness (QED) is 0.644. The summed E-state index contributed by atoms with van der Waals surface area (Å²) in [6.07, 6.45) is 0. The van der Waals surface area contributed by atoms with E-state index >= 15 is 0 Å². The average Bonchev–Trinajstić information content (AvgIpc) is 2.81. The van der Waals surface area contributed by atoms with E-state index in [9.17, 15) is 4.79 Å². The van der Waals surface area contributed by atoms with Gasteiger partial charge in [-0.05, 0) is 42.3 Å². The highest BCUT2D eigenvalue weighted by atomic mass is 16.5. The number of nitrogens with zero attached hydrogens (tertiary/aromatic N) is 2. The third-order valence-electron chi connectivity index (χ3n) is 5.78. The standard InChI is InChI=1S/C26H29N3O2/c1-20-13-14-24(31-2)23(19-20)27-26(30)25(21-9-5-3-6-10-21)29-17-15-28(16-18-29)22-11-7-4-8-12-22/h3-14,19,25H,15-18H2,1-2H3,(H,27,30). The van der Waals surface area contributed by atoms with Crippen molar-refractivity contribution in [2.24, 2.45) is 0 Å². The molecular weight excluding hydrogens is 386 g/mol. The molecular formula is C26H29N3O2. The van der Waals surface area contributed by atoms with Crippen molar-refractivity contribution < 1.29 is 9.53 Å². The Morgan fingerprint density at radius 3 is 2.19 bits per heavy atom. The van der Waals surface area contributed by atoms with E-state index in [1.807, 2.05) is 61.5 Å². The molecule has 1 N–H and O–H groups in total. The lowest BCUT2D eigenvalue weighted by Crippen LogP contribution is -2.50. The molecule has 0 bridgehead atoms. The summed E-state index contributed by atoms with van der Waals surface area (Å²) in [6, 6.07) is 25.9. The molecule has 1 aliphatic rings. The molecule has 4 rings (SSSR count). The van der Waals surface area contributed by atoms with Crippen LogP contribution in [0.15, 0.2) is 78.9 Å². The van der Waals surface area contributed by atoms with Gasteiger partial charge in [-0.1, -0.05) is 54.6 Å². The van der Waals surface area contributed by atoms with Gasteiger partial charge in [0.1, 0.15) is 11.8 Å². The Morgan fingerprint density at radius 2 is 1.55 bits per heavy atom. The van der Waals surface area contributed by atoms with Crippen LogP contribution in [0.3, 0.4) is 0 Å². The number of amides is 1. The van der Waals surface area contributed by atoms with Gasteiger partial charge in [-0.3, -0.25) is 9.69 Å². The minimum absolute atomic E-state index is 0.0386. The number of carbonyl (C=O) groups excluding carboxylic acids is 1. The smallest absolute Gasteiger partial charge is 0.246 e. The maximum Gasteiger partial charge on any atom is 0.246 e. The second kappa shape index (κ2) is 9.67. The van der Waals surface area contributed by atoms with Crippen molar-refractivity contribution in [2.45, 2.75) is 13.0 Å². The van der Waals surface area contributed by atoms with Gasteiger partial charge in [0.25, 0.3) is 0 Å². The largest absolute Gasteiger partial charge is 0.495 e. The summed E-state index contributed by atoms with van der Waals surface area (Å²) in [5, 5.41) is 3.12. The molecule has 0 spiro atoms. The molecule has 1 fully saturated rings. The maximum atomic E-state index is 13.5. The SMILES string of the molecule is COc1ccc(C)cc1NC(=O)C(c1ccccc1)N1CCN(c2ccccc2)CC1. The molecule has 5 heteroatoms. The number of methoxy groups -OCH3 is 1. The fourth-order valence-corrected chi connectivity index (χ4v) is 4.16. The van der Waals surface area contributed by atoms with Gasteiger partial charge in [0.15, 0.2) is 0 Å². The maximum absolute atomic E-state index is 13.5. The van der Waals surface area contributed by atoms with Gasteiger partial charge in [-0.25, -0.2) is 0 Å². The van der Waals surface area contributed by atoms with E-state index < -0.39 is 0 Å². The van der Waals surface area contributed by atoms with Crippen LogP contribution in [-0.2, 0) is 4.79 Å². The minimum Gasteiger partial charge on any atom is -0.495 e. The van der Waals surface area contributed by atoms with Gasteiger partial charge >= 0.3 is 0 Å². The average molecular weight is 416 g/mol.